The number of Topliss-reactive ketones (excluding diaryl/α,β-unsaturated/α-hetero) is 2. The molecular formula is C16H11N3O3. The van der Waals surface area contributed by atoms with Crippen molar-refractivity contribution in [2.45, 2.75) is 0 Å². The molecule has 1 heterocycles. The molecule has 0 saturated carbocycles. The highest BCUT2D eigenvalue weighted by molar-refractivity contribution is 6.19. The molecule has 2 aliphatic carbocycles. The van der Waals surface area contributed by atoms with Crippen LogP contribution in [0.4, 0.5) is 5.82 Å². The quantitative estimate of drug-likeness (QED) is 0.688. The van der Waals surface area contributed by atoms with Gasteiger partial charge in [-0.3, -0.25) is 15.0 Å². The standard InChI is InChI=1S/C16H11N3O3/c17-15-16(18)22-12-6-10-9(5-11(12)19-15)13(20)7-3-1-2-4-8(7)14(10)21/h1-6,9-10,18H,(H2,17,19). The van der Waals surface area contributed by atoms with Crippen LogP contribution < -0.4 is 22.1 Å². The normalized spacial score (nSPS) is 22.0. The van der Waals surface area contributed by atoms with Gasteiger partial charge >= 0.3 is 0 Å². The minimum Gasteiger partial charge on any atom is -0.434 e. The molecule has 4 rings (SSSR count). The van der Waals surface area contributed by atoms with Gasteiger partial charge in [0.2, 0.25) is 0 Å². The number of rotatable bonds is 0. The first kappa shape index (κ1) is 12.7. The fourth-order valence-electron chi connectivity index (χ4n) is 2.98. The minimum absolute atomic E-state index is 0.0446. The lowest BCUT2D eigenvalue weighted by Gasteiger charge is -2.27. The molecule has 2 unspecified atom stereocenters. The van der Waals surface area contributed by atoms with Gasteiger partial charge in [-0.15, -0.1) is 0 Å². The number of carbonyl (C=O) groups is 2. The van der Waals surface area contributed by atoms with Gasteiger partial charge < -0.3 is 10.2 Å². The van der Waals surface area contributed by atoms with E-state index >= 15 is 0 Å². The van der Waals surface area contributed by atoms with Crippen LogP contribution in [0.15, 0.2) is 28.7 Å². The molecular weight excluding hydrogens is 282 g/mol. The van der Waals surface area contributed by atoms with Crippen molar-refractivity contribution in [3.63, 3.8) is 0 Å². The van der Waals surface area contributed by atoms with E-state index in [1.165, 1.54) is 0 Å². The van der Waals surface area contributed by atoms with Crippen LogP contribution in [0.5, 0.6) is 0 Å². The summed E-state index contributed by atoms with van der Waals surface area (Å²) in [6.45, 7) is 0. The number of ketones is 2. The number of benzene rings is 1. The second-order valence-electron chi connectivity index (χ2n) is 5.34. The topological polar surface area (TPSA) is 110 Å². The van der Waals surface area contributed by atoms with Gasteiger partial charge in [-0.1, -0.05) is 24.3 Å². The summed E-state index contributed by atoms with van der Waals surface area (Å²) in [6.07, 6.45) is 3.18. The molecule has 0 amide bonds. The zero-order chi connectivity index (χ0) is 15.4. The number of fused-ring (bicyclic) bond motifs is 3. The Kier molecular flexibility index (Phi) is 2.45. The third-order valence-electron chi connectivity index (χ3n) is 4.06. The first-order valence-corrected chi connectivity index (χ1v) is 6.78. The molecule has 6 heteroatoms. The number of hydrogen-bond acceptors (Lipinski definition) is 6. The largest absolute Gasteiger partial charge is 0.434 e. The molecule has 22 heavy (non-hydrogen) atoms. The zero-order valence-corrected chi connectivity index (χ0v) is 11.4. The summed E-state index contributed by atoms with van der Waals surface area (Å²) < 4.78 is 5.28. The Balaban J connectivity index is 2.00. The first-order chi connectivity index (χ1) is 10.6. The summed E-state index contributed by atoms with van der Waals surface area (Å²) in [5, 5.41) is 7.96. The minimum atomic E-state index is -0.622. The molecule has 0 bridgehead atoms. The van der Waals surface area contributed by atoms with E-state index in [4.69, 9.17) is 15.6 Å². The molecule has 0 saturated heterocycles. The van der Waals surface area contributed by atoms with Crippen molar-refractivity contribution in [1.29, 1.82) is 5.41 Å². The van der Waals surface area contributed by atoms with Gasteiger partial charge in [-0.05, 0) is 12.2 Å². The summed E-state index contributed by atoms with van der Waals surface area (Å²) in [5.74, 6) is -1.51. The number of hydrogen-bond donors (Lipinski definition) is 2. The summed E-state index contributed by atoms with van der Waals surface area (Å²) in [7, 11) is 0. The van der Waals surface area contributed by atoms with E-state index in [0.29, 0.717) is 21.9 Å². The van der Waals surface area contributed by atoms with Gasteiger partial charge in [0, 0.05) is 11.1 Å². The van der Waals surface area contributed by atoms with Gasteiger partial charge in [-0.2, -0.15) is 0 Å². The van der Waals surface area contributed by atoms with Gasteiger partial charge in [0.1, 0.15) is 5.35 Å². The van der Waals surface area contributed by atoms with Gasteiger partial charge in [0.05, 0.1) is 11.8 Å². The average molecular weight is 293 g/mol. The molecule has 0 fully saturated rings. The SMILES string of the molecule is N=c1oc2c(nc1N)=CC1C(=O)c3ccccc3C(=O)C1C=2. The Morgan fingerprint density at radius 1 is 1.05 bits per heavy atom. The number of aromatic nitrogens is 1. The van der Waals surface area contributed by atoms with Crippen molar-refractivity contribution in [1.82, 2.24) is 4.98 Å². The second-order valence-corrected chi connectivity index (χ2v) is 5.34. The summed E-state index contributed by atoms with van der Waals surface area (Å²) in [5.41, 5.74) is 6.49. The predicted molar refractivity (Wildman–Crippen MR) is 77.0 cm³/mol. The number of nitrogens with zero attached hydrogens (tertiary/aromatic N) is 1. The Bertz CT molecular complexity index is 1020. The van der Waals surface area contributed by atoms with Crippen molar-refractivity contribution in [2.75, 3.05) is 5.73 Å². The van der Waals surface area contributed by atoms with E-state index in [0.717, 1.165) is 0 Å². The molecule has 1 aromatic heterocycles. The second kappa shape index (κ2) is 4.24. The van der Waals surface area contributed by atoms with Crippen molar-refractivity contribution in [2.24, 2.45) is 11.8 Å². The third-order valence-corrected chi connectivity index (χ3v) is 4.06. The Labute approximate surface area is 124 Å². The monoisotopic (exact) mass is 293 g/mol. The highest BCUT2D eigenvalue weighted by atomic mass is 16.3. The average Bonchev–Trinajstić information content (AvgIpc) is 2.53. The fourth-order valence-corrected chi connectivity index (χ4v) is 2.98. The Morgan fingerprint density at radius 2 is 1.64 bits per heavy atom. The fraction of sp³-hybridized carbons (Fsp3) is 0.125. The molecule has 2 aliphatic rings. The lowest BCUT2D eigenvalue weighted by molar-refractivity contribution is 0.0818. The molecule has 2 aromatic rings. The van der Waals surface area contributed by atoms with E-state index in [2.05, 4.69) is 4.98 Å². The Hall–Kier alpha value is -3.02. The number of nitrogens with one attached hydrogen (secondary N) is 1. The van der Waals surface area contributed by atoms with E-state index < -0.39 is 11.8 Å². The van der Waals surface area contributed by atoms with Gasteiger partial charge in [0.15, 0.2) is 22.8 Å². The maximum Gasteiger partial charge on any atom is 0.255 e. The number of anilines is 1. The molecule has 6 nitrogen and oxygen atoms in total. The van der Waals surface area contributed by atoms with Crippen LogP contribution in [0.3, 0.4) is 0 Å². The van der Waals surface area contributed by atoms with Crippen molar-refractivity contribution in [3.05, 3.63) is 51.7 Å². The van der Waals surface area contributed by atoms with Crippen LogP contribution in [-0.2, 0) is 0 Å². The van der Waals surface area contributed by atoms with E-state index in [1.54, 1.807) is 36.4 Å². The highest BCUT2D eigenvalue weighted by Gasteiger charge is 2.40. The zero-order valence-electron chi connectivity index (χ0n) is 11.4. The molecule has 0 radical (unpaired) electrons. The summed E-state index contributed by atoms with van der Waals surface area (Å²) in [4.78, 5) is 29.3. The van der Waals surface area contributed by atoms with Crippen LogP contribution in [0.2, 0.25) is 0 Å². The van der Waals surface area contributed by atoms with E-state index in [1.807, 2.05) is 0 Å². The summed E-state index contributed by atoms with van der Waals surface area (Å²) >= 11 is 0. The van der Waals surface area contributed by atoms with Crippen LogP contribution in [0, 0.1) is 17.2 Å². The van der Waals surface area contributed by atoms with Gasteiger partial charge in [0.25, 0.3) is 5.55 Å². The van der Waals surface area contributed by atoms with Crippen molar-refractivity contribution < 1.29 is 14.0 Å². The molecule has 0 spiro atoms. The Morgan fingerprint density at radius 3 is 2.27 bits per heavy atom. The molecule has 3 N–H and O–H groups in total. The van der Waals surface area contributed by atoms with Crippen LogP contribution in [0.25, 0.3) is 12.2 Å². The molecule has 2 atom stereocenters. The molecule has 1 aromatic carbocycles. The number of nitrogens with two attached hydrogens (primary N) is 1. The van der Waals surface area contributed by atoms with Gasteiger partial charge in [-0.25, -0.2) is 4.98 Å². The maximum absolute atomic E-state index is 12.6. The number of nitrogen functional groups attached to an aromatic ring is 1. The first-order valence-electron chi connectivity index (χ1n) is 6.78. The third kappa shape index (κ3) is 1.60. The van der Waals surface area contributed by atoms with Crippen LogP contribution in [-0.4, -0.2) is 16.6 Å². The van der Waals surface area contributed by atoms with Crippen LogP contribution >= 0.6 is 0 Å². The summed E-state index contributed by atoms with van der Waals surface area (Å²) in [6, 6.07) is 6.79. The highest BCUT2D eigenvalue weighted by Crippen LogP contribution is 2.32. The predicted octanol–water partition coefficient (Wildman–Crippen LogP) is -0.378. The van der Waals surface area contributed by atoms with Crippen molar-refractivity contribution in [3.8, 4) is 0 Å². The van der Waals surface area contributed by atoms with E-state index in [9.17, 15) is 9.59 Å². The lowest BCUT2D eigenvalue weighted by atomic mass is 9.72. The van der Waals surface area contributed by atoms with Crippen molar-refractivity contribution >= 4 is 29.5 Å². The lowest BCUT2D eigenvalue weighted by Crippen LogP contribution is -2.45. The molecule has 108 valence electrons. The maximum atomic E-state index is 12.6. The number of carbonyl (C=O) groups excluding carboxylic acids is 2. The van der Waals surface area contributed by atoms with Crippen LogP contribution in [0.1, 0.15) is 20.7 Å². The smallest absolute Gasteiger partial charge is 0.255 e. The van der Waals surface area contributed by atoms with E-state index in [-0.39, 0.29) is 22.9 Å². The molecule has 0 aliphatic heterocycles.